The van der Waals surface area contributed by atoms with Gasteiger partial charge in [0.05, 0.1) is 0 Å². The highest BCUT2D eigenvalue weighted by atomic mass is 19.1. The number of benzene rings is 1. The molecule has 0 saturated carbocycles. The van der Waals surface area contributed by atoms with Crippen LogP contribution >= 0.6 is 0 Å². The largest absolute Gasteiger partial charge is 0.338 e. The zero-order valence-electron chi connectivity index (χ0n) is 9.00. The highest BCUT2D eigenvalue weighted by molar-refractivity contribution is 5.98. The topological polar surface area (TPSA) is 37.4 Å². The second-order valence-corrected chi connectivity index (χ2v) is 3.92. The number of fused-ring (bicyclic) bond motifs is 1. The summed E-state index contributed by atoms with van der Waals surface area (Å²) >= 11 is 0. The van der Waals surface area contributed by atoms with Crippen LogP contribution in [0.4, 0.5) is 4.39 Å². The monoisotopic (exact) mass is 221 g/mol. The quantitative estimate of drug-likeness (QED) is 0.669. The Morgan fingerprint density at radius 3 is 2.88 bits per heavy atom. The van der Waals surface area contributed by atoms with Gasteiger partial charge >= 0.3 is 0 Å². The van der Waals surface area contributed by atoms with Crippen molar-refractivity contribution in [2.45, 2.75) is 19.9 Å². The third-order valence-electron chi connectivity index (χ3n) is 2.78. The first-order valence-corrected chi connectivity index (χ1v) is 5.15. The molecule has 0 radical (unpaired) electrons. The van der Waals surface area contributed by atoms with Crippen LogP contribution in [-0.4, -0.2) is 23.1 Å². The van der Waals surface area contributed by atoms with Crippen LogP contribution in [0.25, 0.3) is 0 Å². The molecule has 0 aliphatic carbocycles. The Hall–Kier alpha value is -1.71. The lowest BCUT2D eigenvalue weighted by Crippen LogP contribution is -2.28. The molecule has 16 heavy (non-hydrogen) atoms. The molecule has 1 aromatic rings. The number of amides is 1. The molecular formula is C12H12FNO2. The summed E-state index contributed by atoms with van der Waals surface area (Å²) in [6, 6.07) is 4.10. The van der Waals surface area contributed by atoms with Crippen LogP contribution < -0.4 is 0 Å². The summed E-state index contributed by atoms with van der Waals surface area (Å²) in [5, 5.41) is 0. The highest BCUT2D eigenvalue weighted by Crippen LogP contribution is 2.19. The van der Waals surface area contributed by atoms with Gasteiger partial charge in [-0.15, -0.1) is 0 Å². The zero-order chi connectivity index (χ0) is 11.7. The fourth-order valence-corrected chi connectivity index (χ4v) is 1.89. The van der Waals surface area contributed by atoms with E-state index in [0.29, 0.717) is 30.6 Å². The molecule has 1 aliphatic heterocycles. The van der Waals surface area contributed by atoms with Gasteiger partial charge in [-0.2, -0.15) is 0 Å². The Kier molecular flexibility index (Phi) is 2.73. The Labute approximate surface area is 92.9 Å². The van der Waals surface area contributed by atoms with Crippen molar-refractivity contribution < 1.29 is 14.0 Å². The van der Waals surface area contributed by atoms with E-state index < -0.39 is 0 Å². The van der Waals surface area contributed by atoms with E-state index >= 15 is 0 Å². The van der Waals surface area contributed by atoms with Gasteiger partial charge in [-0.3, -0.25) is 9.59 Å². The zero-order valence-corrected chi connectivity index (χ0v) is 9.00. The molecule has 0 N–H and O–H groups in total. The molecular weight excluding hydrogens is 209 g/mol. The smallest absolute Gasteiger partial charge is 0.219 e. The first-order chi connectivity index (χ1) is 7.58. The van der Waals surface area contributed by atoms with Gasteiger partial charge in [0.2, 0.25) is 5.91 Å². The van der Waals surface area contributed by atoms with Crippen LogP contribution in [0.2, 0.25) is 0 Å². The van der Waals surface area contributed by atoms with Gasteiger partial charge in [0.25, 0.3) is 0 Å². The standard InChI is InChI=1S/C12H12FNO2/c1-8(15)14-5-4-12(16)11-3-2-10(13)6-9(11)7-14/h2-3,6H,4-5,7H2,1H3. The Morgan fingerprint density at radius 1 is 1.44 bits per heavy atom. The molecule has 84 valence electrons. The van der Waals surface area contributed by atoms with E-state index in [-0.39, 0.29) is 17.5 Å². The molecule has 0 spiro atoms. The number of carbonyl (C=O) groups is 2. The Balaban J connectivity index is 2.42. The van der Waals surface area contributed by atoms with Gasteiger partial charge in [-0.25, -0.2) is 4.39 Å². The van der Waals surface area contributed by atoms with E-state index in [1.54, 1.807) is 4.90 Å². The van der Waals surface area contributed by atoms with E-state index in [2.05, 4.69) is 0 Å². The Bertz CT molecular complexity index is 456. The van der Waals surface area contributed by atoms with E-state index in [1.165, 1.54) is 25.1 Å². The van der Waals surface area contributed by atoms with E-state index in [9.17, 15) is 14.0 Å². The van der Waals surface area contributed by atoms with E-state index in [1.807, 2.05) is 0 Å². The first kappa shape index (κ1) is 10.8. The number of Topliss-reactive ketones (excluding diaryl/α,β-unsaturated/α-hetero) is 1. The molecule has 0 aromatic heterocycles. The summed E-state index contributed by atoms with van der Waals surface area (Å²) < 4.78 is 13.1. The molecule has 0 bridgehead atoms. The maximum Gasteiger partial charge on any atom is 0.219 e. The number of carbonyl (C=O) groups excluding carboxylic acids is 2. The average Bonchev–Trinajstić information content (AvgIpc) is 2.38. The summed E-state index contributed by atoms with van der Waals surface area (Å²) in [4.78, 5) is 24.6. The number of halogens is 1. The number of ketones is 1. The lowest BCUT2D eigenvalue weighted by atomic mass is 10.0. The predicted octanol–water partition coefficient (Wildman–Crippen LogP) is 1.76. The number of hydrogen-bond acceptors (Lipinski definition) is 2. The SMILES string of the molecule is CC(=O)N1CCC(=O)c2ccc(F)cc2C1. The van der Waals surface area contributed by atoms with Crippen molar-refractivity contribution >= 4 is 11.7 Å². The lowest BCUT2D eigenvalue weighted by Gasteiger charge is -2.18. The van der Waals surface area contributed by atoms with Crippen LogP contribution in [0.5, 0.6) is 0 Å². The van der Waals surface area contributed by atoms with Crippen LogP contribution in [0.15, 0.2) is 18.2 Å². The summed E-state index contributed by atoms with van der Waals surface area (Å²) in [5.41, 5.74) is 1.13. The number of nitrogens with zero attached hydrogens (tertiary/aromatic N) is 1. The predicted molar refractivity (Wildman–Crippen MR) is 56.4 cm³/mol. The molecule has 2 rings (SSSR count). The molecule has 0 atom stereocenters. The molecule has 4 heteroatoms. The maximum atomic E-state index is 13.1. The van der Waals surface area contributed by atoms with Crippen molar-refractivity contribution in [3.05, 3.63) is 35.1 Å². The van der Waals surface area contributed by atoms with E-state index in [4.69, 9.17) is 0 Å². The van der Waals surface area contributed by atoms with Gasteiger partial charge < -0.3 is 4.90 Å². The van der Waals surface area contributed by atoms with Crippen LogP contribution in [0, 0.1) is 5.82 Å². The Morgan fingerprint density at radius 2 is 2.19 bits per heavy atom. The summed E-state index contributed by atoms with van der Waals surface area (Å²) in [5.74, 6) is -0.499. The molecule has 0 saturated heterocycles. The second kappa shape index (κ2) is 4.04. The van der Waals surface area contributed by atoms with Gasteiger partial charge in [-0.05, 0) is 23.8 Å². The van der Waals surface area contributed by atoms with Gasteiger partial charge in [0, 0.05) is 32.0 Å². The maximum absolute atomic E-state index is 13.1. The van der Waals surface area contributed by atoms with Crippen molar-refractivity contribution in [3.63, 3.8) is 0 Å². The fraction of sp³-hybridized carbons (Fsp3) is 0.333. The minimum Gasteiger partial charge on any atom is -0.338 e. The molecule has 1 aliphatic rings. The molecule has 3 nitrogen and oxygen atoms in total. The van der Waals surface area contributed by atoms with Crippen molar-refractivity contribution in [1.82, 2.24) is 4.90 Å². The molecule has 1 heterocycles. The van der Waals surface area contributed by atoms with Crippen LogP contribution in [0.3, 0.4) is 0 Å². The molecule has 1 aromatic carbocycles. The normalized spacial score (nSPS) is 15.6. The van der Waals surface area contributed by atoms with Crippen LogP contribution in [0.1, 0.15) is 29.3 Å². The van der Waals surface area contributed by atoms with Crippen molar-refractivity contribution in [2.24, 2.45) is 0 Å². The molecule has 1 amide bonds. The first-order valence-electron chi connectivity index (χ1n) is 5.15. The highest BCUT2D eigenvalue weighted by Gasteiger charge is 2.21. The third kappa shape index (κ3) is 1.96. The lowest BCUT2D eigenvalue weighted by molar-refractivity contribution is -0.129. The van der Waals surface area contributed by atoms with Crippen molar-refractivity contribution in [3.8, 4) is 0 Å². The second-order valence-electron chi connectivity index (χ2n) is 3.92. The number of rotatable bonds is 0. The number of hydrogen-bond donors (Lipinski definition) is 0. The summed E-state index contributed by atoms with van der Waals surface area (Å²) in [7, 11) is 0. The summed E-state index contributed by atoms with van der Waals surface area (Å²) in [6.45, 7) is 2.17. The van der Waals surface area contributed by atoms with Gasteiger partial charge in [-0.1, -0.05) is 0 Å². The minimum absolute atomic E-state index is 0.0289. The summed E-state index contributed by atoms with van der Waals surface area (Å²) in [6.07, 6.45) is 0.304. The molecule has 0 unspecified atom stereocenters. The third-order valence-corrected chi connectivity index (χ3v) is 2.78. The average molecular weight is 221 g/mol. The minimum atomic E-state index is -0.378. The molecule has 0 fully saturated rings. The fourth-order valence-electron chi connectivity index (χ4n) is 1.89. The van der Waals surface area contributed by atoms with Crippen LogP contribution in [-0.2, 0) is 11.3 Å². The van der Waals surface area contributed by atoms with Crippen molar-refractivity contribution in [1.29, 1.82) is 0 Å². The van der Waals surface area contributed by atoms with Gasteiger partial charge in [0.1, 0.15) is 5.82 Å². The van der Waals surface area contributed by atoms with Crippen molar-refractivity contribution in [2.75, 3.05) is 6.54 Å². The van der Waals surface area contributed by atoms with E-state index in [0.717, 1.165) is 0 Å². The van der Waals surface area contributed by atoms with Gasteiger partial charge in [0.15, 0.2) is 5.78 Å².